The third-order valence-corrected chi connectivity index (χ3v) is 15.1. The van der Waals surface area contributed by atoms with Gasteiger partial charge in [0, 0.05) is 91.7 Å². The largest absolute Gasteiger partial charge is 0.464 e. The molecule has 17 nitrogen and oxygen atoms in total. The van der Waals surface area contributed by atoms with Gasteiger partial charge in [0.15, 0.2) is 0 Å². The Bertz CT molecular complexity index is 2910. The van der Waals surface area contributed by atoms with Gasteiger partial charge in [0.25, 0.3) is 12.3 Å². The highest BCUT2D eigenvalue weighted by Crippen LogP contribution is 2.43. The number of methoxy groups -OCH3 is 1. The maximum Gasteiger partial charge on any atom is 0.406 e. The Hall–Kier alpha value is -5.12. The summed E-state index contributed by atoms with van der Waals surface area (Å²) < 4.78 is 93.4. The van der Waals surface area contributed by atoms with Gasteiger partial charge in [0.2, 0.25) is 11.8 Å². The molecule has 3 saturated heterocycles. The van der Waals surface area contributed by atoms with Gasteiger partial charge >= 0.3 is 18.2 Å². The van der Waals surface area contributed by atoms with Gasteiger partial charge in [0.1, 0.15) is 24.7 Å². The van der Waals surface area contributed by atoms with Crippen LogP contribution in [0.3, 0.4) is 0 Å². The third kappa shape index (κ3) is 15.4. The number of hydrogen-bond acceptors (Lipinski definition) is 11. The summed E-state index contributed by atoms with van der Waals surface area (Å²) in [7, 11) is 2.96. The fourth-order valence-corrected chi connectivity index (χ4v) is 11.2. The molecule has 0 unspecified atom stereocenters. The summed E-state index contributed by atoms with van der Waals surface area (Å²) in [5, 5.41) is 4.40. The fraction of sp³-hybridized carbons (Fsp3) is 0.545. The van der Waals surface area contributed by atoms with Crippen LogP contribution < -0.4 is 10.7 Å². The summed E-state index contributed by atoms with van der Waals surface area (Å²) in [5.41, 5.74) is 2.79. The number of urea groups is 1. The number of benzene rings is 1. The van der Waals surface area contributed by atoms with Crippen LogP contribution in [0.25, 0.3) is 33.4 Å². The van der Waals surface area contributed by atoms with Gasteiger partial charge in [-0.2, -0.15) is 67.2 Å². The Kier molecular flexibility index (Phi) is 23.6. The Labute approximate surface area is 497 Å². The van der Waals surface area contributed by atoms with E-state index in [1.807, 2.05) is 13.8 Å². The summed E-state index contributed by atoms with van der Waals surface area (Å²) >= 11 is 0. The van der Waals surface area contributed by atoms with Gasteiger partial charge < -0.3 is 38.8 Å². The number of alkyl halides is 5. The maximum absolute atomic E-state index is 15.1. The minimum Gasteiger partial charge on any atom is -0.464 e. The predicted molar refractivity (Wildman–Crippen MR) is 316 cm³/mol. The lowest BCUT2D eigenvalue weighted by atomic mass is 9.84. The van der Waals surface area contributed by atoms with Gasteiger partial charge in [-0.3, -0.25) is 34.2 Å². The van der Waals surface area contributed by atoms with Crippen LogP contribution in [0.15, 0.2) is 61.3 Å². The van der Waals surface area contributed by atoms with E-state index in [2.05, 4.69) is 22.3 Å². The number of piperidine rings is 1. The number of likely N-dealkylation sites (N-methyl/N-ethyl adjacent to an activating group) is 1. The van der Waals surface area contributed by atoms with Crippen molar-refractivity contribution in [2.45, 2.75) is 122 Å². The molecule has 8 rings (SSSR count). The van der Waals surface area contributed by atoms with E-state index in [9.17, 15) is 37.1 Å². The van der Waals surface area contributed by atoms with Crippen molar-refractivity contribution >= 4 is 94.6 Å². The number of likely N-dealkylation sites (tertiary alicyclic amines) is 1. The summed E-state index contributed by atoms with van der Waals surface area (Å²) in [6.07, 6.45) is -4.48. The first-order valence-corrected chi connectivity index (χ1v) is 26.0. The smallest absolute Gasteiger partial charge is 0.406 e. The zero-order valence-corrected chi connectivity index (χ0v) is 50.6. The third-order valence-electron chi connectivity index (χ3n) is 15.1. The fourth-order valence-electron chi connectivity index (χ4n) is 11.2. The van der Waals surface area contributed by atoms with Crippen molar-refractivity contribution in [1.82, 2.24) is 45.0 Å². The molecule has 448 valence electrons. The van der Waals surface area contributed by atoms with E-state index in [4.69, 9.17) is 19.2 Å². The van der Waals surface area contributed by atoms with E-state index in [0.29, 0.717) is 61.2 Å². The van der Waals surface area contributed by atoms with E-state index in [-0.39, 0.29) is 127 Å². The second-order valence-electron chi connectivity index (χ2n) is 21.7. The van der Waals surface area contributed by atoms with E-state index < -0.39 is 96.1 Å². The number of pyridine rings is 2. The van der Waals surface area contributed by atoms with Crippen LogP contribution in [-0.4, -0.2) is 154 Å². The zero-order valence-electron chi connectivity index (χ0n) is 46.6. The quantitative estimate of drug-likeness (QED) is 0.0892. The van der Waals surface area contributed by atoms with Crippen LogP contribution in [0, 0.1) is 11.3 Å². The first-order chi connectivity index (χ1) is 36.4. The molecule has 7 heterocycles. The molecular formula is C55H76F5N9O8S4. The predicted octanol–water partition coefficient (Wildman–Crippen LogP) is 8.03. The number of carbonyl (C=O) groups is 5. The molecule has 4 atom stereocenters. The van der Waals surface area contributed by atoms with Crippen molar-refractivity contribution in [3.05, 3.63) is 83.8 Å². The molecule has 0 aliphatic carbocycles. The summed E-state index contributed by atoms with van der Waals surface area (Å²) in [6, 6.07) is 6.09. The van der Waals surface area contributed by atoms with Gasteiger partial charge in [0.05, 0.1) is 48.5 Å². The summed E-state index contributed by atoms with van der Waals surface area (Å²) in [4.78, 5) is 84.3. The number of nitrogens with one attached hydrogen (secondary N) is 2. The monoisotopic (exact) mass is 1210 g/mol. The van der Waals surface area contributed by atoms with Crippen LogP contribution in [0.1, 0.15) is 95.3 Å². The number of fused-ring (bicyclic) bond motifs is 6. The Balaban J connectivity index is 0.00000353. The molecule has 3 fully saturated rings. The Morgan fingerprint density at radius 3 is 2.35 bits per heavy atom. The van der Waals surface area contributed by atoms with Crippen LogP contribution in [0.4, 0.5) is 26.7 Å². The first kappa shape index (κ1) is 68.4. The molecule has 1 aromatic carbocycles. The number of hydrazine groups is 1. The van der Waals surface area contributed by atoms with E-state index in [0.717, 1.165) is 6.07 Å². The van der Waals surface area contributed by atoms with Gasteiger partial charge in [-0.15, -0.1) is 0 Å². The molecule has 2 N–H and O–H groups in total. The molecule has 3 aromatic heterocycles. The van der Waals surface area contributed by atoms with Crippen molar-refractivity contribution < 1.29 is 60.1 Å². The average Bonchev–Trinajstić information content (AvgIpc) is 3.91. The highest BCUT2D eigenvalue weighted by molar-refractivity contribution is 7.59. The Morgan fingerprint density at radius 1 is 1.00 bits per heavy atom. The number of hydrogen-bond donors (Lipinski definition) is 2. The molecule has 1 spiro atoms. The number of nitrogens with zero attached hydrogens (tertiary/aromatic N) is 7. The number of aromatic nitrogens is 3. The van der Waals surface area contributed by atoms with Crippen molar-refractivity contribution in [3.8, 4) is 22.5 Å². The second-order valence-corrected chi connectivity index (χ2v) is 21.7. The molecule has 81 heavy (non-hydrogen) atoms. The van der Waals surface area contributed by atoms with Gasteiger partial charge in [-0.25, -0.2) is 19.0 Å². The van der Waals surface area contributed by atoms with E-state index in [1.165, 1.54) is 59.1 Å². The Morgan fingerprint density at radius 2 is 1.70 bits per heavy atom. The SMILES string of the molecule is C=CC(=O)N1CCOC2(CCN(C(=O)N(C)[C@H](C(=O)N[C@H]3Cc4cc(C(F)F)cc(n4)-c4ccc5c(c4)c(c(-c4cccnc4[C@H](C)OC)n5CC(F)(F)F)CC(C)(C)COC(=O)[C@@H]4CCCN(N4)C3=O)C(C)C)CC2)C1.S.S.S.S. The standard InChI is InChI=1S/C55H68F5N9O8.4H2S/c1-9-44(70)67-22-23-77-54(29-67)16-20-66(21-17-54)52(74)65(7)46(32(2)3)49(71)63-42-27-36-24-35(48(56)57)26-41(62-36)34-14-15-43-38(25-34)39(28-53(5,6)31-76-51(73)40-13-11-19-69(64-40)50(42)72)47(68(43)30-55(58,59)60)37-12-10-18-61-45(37)33(4)75-8;;;;/h9-10,12,14-15,18,24-26,32-33,40,42,46,48,64H,1,11,13,16-17,19-23,27-31H2,2-8H3,(H,63,71);4*1H2/t33-,40-,42-,46-;;;;/m0..../s1. The molecule has 6 bridgehead atoms. The molecular weight excluding hydrogens is 1140 g/mol. The molecule has 0 radical (unpaired) electrons. The minimum absolute atomic E-state index is 0. The lowest BCUT2D eigenvalue weighted by Gasteiger charge is -2.47. The second kappa shape index (κ2) is 28.0. The number of morpholine rings is 1. The van der Waals surface area contributed by atoms with Gasteiger partial charge in [-0.05, 0) is 93.0 Å². The lowest BCUT2D eigenvalue weighted by molar-refractivity contribution is -0.155. The zero-order chi connectivity index (χ0) is 55.7. The number of ether oxygens (including phenoxy) is 3. The number of carbonyl (C=O) groups excluding carboxylic acids is 5. The molecule has 4 aliphatic rings. The molecule has 26 heteroatoms. The summed E-state index contributed by atoms with van der Waals surface area (Å²) in [6.45, 7) is 12.6. The molecule has 4 aromatic rings. The lowest BCUT2D eigenvalue weighted by Crippen LogP contribution is -2.63. The minimum atomic E-state index is -4.70. The van der Waals surface area contributed by atoms with Crippen LogP contribution >= 0.6 is 54.0 Å². The van der Waals surface area contributed by atoms with Crippen LogP contribution in [-0.2, 0) is 52.8 Å². The van der Waals surface area contributed by atoms with E-state index >= 15 is 8.78 Å². The molecule has 0 saturated carbocycles. The van der Waals surface area contributed by atoms with Crippen LogP contribution in [0.2, 0.25) is 0 Å². The van der Waals surface area contributed by atoms with Gasteiger partial charge in [-0.1, -0.05) is 40.3 Å². The number of cyclic esters (lactones) is 1. The first-order valence-electron chi connectivity index (χ1n) is 26.0. The summed E-state index contributed by atoms with van der Waals surface area (Å²) in [5.74, 6) is -2.82. The van der Waals surface area contributed by atoms with Crippen LogP contribution in [0.5, 0.6) is 0 Å². The molecule has 5 amide bonds. The van der Waals surface area contributed by atoms with Crippen molar-refractivity contribution in [3.63, 3.8) is 0 Å². The topological polar surface area (TPSA) is 181 Å². The highest BCUT2D eigenvalue weighted by atomic mass is 32.1. The maximum atomic E-state index is 15.1. The number of rotatable bonds is 10. The van der Waals surface area contributed by atoms with E-state index in [1.54, 1.807) is 48.8 Å². The van der Waals surface area contributed by atoms with Crippen molar-refractivity contribution in [2.75, 3.05) is 60.1 Å². The van der Waals surface area contributed by atoms with Crippen molar-refractivity contribution in [2.24, 2.45) is 11.3 Å². The van der Waals surface area contributed by atoms with Crippen molar-refractivity contribution in [1.29, 1.82) is 0 Å². The highest BCUT2D eigenvalue weighted by Gasteiger charge is 2.44. The number of esters is 1. The number of amides is 5. The average molecular weight is 1210 g/mol. The number of halogens is 5. The normalized spacial score (nSPS) is 19.9. The molecule has 4 aliphatic heterocycles.